The molecule has 1 fully saturated rings. The lowest BCUT2D eigenvalue weighted by Crippen LogP contribution is -2.47. The van der Waals surface area contributed by atoms with Gasteiger partial charge in [-0.1, -0.05) is 11.3 Å². The van der Waals surface area contributed by atoms with Crippen molar-refractivity contribution in [1.29, 1.82) is 0 Å². The molecule has 8 heteroatoms. The van der Waals surface area contributed by atoms with Gasteiger partial charge in [-0.15, -0.1) is 16.4 Å². The highest BCUT2D eigenvalue weighted by atomic mass is 32.1. The van der Waals surface area contributed by atoms with Crippen LogP contribution < -0.4 is 10.6 Å². The predicted molar refractivity (Wildman–Crippen MR) is 92.2 cm³/mol. The Kier molecular flexibility index (Phi) is 5.60. The van der Waals surface area contributed by atoms with Gasteiger partial charge in [0, 0.05) is 23.9 Å². The summed E-state index contributed by atoms with van der Waals surface area (Å²) in [4.78, 5) is 13.5. The fraction of sp³-hybridized carbons (Fsp3) is 0.562. The number of ether oxygens (including phenoxy) is 1. The van der Waals surface area contributed by atoms with Crippen LogP contribution in [-0.4, -0.2) is 54.3 Å². The molecule has 0 radical (unpaired) electrons. The Hall–Kier alpha value is -1.77. The fourth-order valence-corrected chi connectivity index (χ4v) is 3.73. The van der Waals surface area contributed by atoms with Crippen LogP contribution in [-0.2, 0) is 11.3 Å². The molecule has 2 N–H and O–H groups in total. The van der Waals surface area contributed by atoms with Gasteiger partial charge in [0.2, 0.25) is 0 Å². The Labute approximate surface area is 145 Å². The number of thiophene rings is 1. The molecule has 2 aromatic heterocycles. The van der Waals surface area contributed by atoms with E-state index in [1.165, 1.54) is 4.88 Å². The minimum Gasteiger partial charge on any atom is -0.384 e. The monoisotopic (exact) mass is 349 g/mol. The highest BCUT2D eigenvalue weighted by molar-refractivity contribution is 7.09. The molecule has 0 atom stereocenters. The van der Waals surface area contributed by atoms with Crippen molar-refractivity contribution in [3.8, 4) is 0 Å². The van der Waals surface area contributed by atoms with E-state index in [1.54, 1.807) is 29.3 Å². The molecule has 1 aliphatic heterocycles. The Morgan fingerprint density at radius 2 is 2.33 bits per heavy atom. The molecule has 1 amide bonds. The summed E-state index contributed by atoms with van der Waals surface area (Å²) in [5.74, 6) is -0.179. The van der Waals surface area contributed by atoms with E-state index in [1.807, 2.05) is 17.5 Å². The van der Waals surface area contributed by atoms with Gasteiger partial charge in [-0.05, 0) is 37.4 Å². The quantitative estimate of drug-likeness (QED) is 0.783. The summed E-state index contributed by atoms with van der Waals surface area (Å²) in [6.07, 6.45) is 3.68. The third-order valence-electron chi connectivity index (χ3n) is 4.41. The molecule has 3 rings (SSSR count). The van der Waals surface area contributed by atoms with Crippen LogP contribution in [0.15, 0.2) is 23.7 Å². The molecule has 0 unspecified atom stereocenters. The molecule has 24 heavy (non-hydrogen) atoms. The van der Waals surface area contributed by atoms with Gasteiger partial charge in [-0.2, -0.15) is 0 Å². The number of methoxy groups -OCH3 is 1. The minimum atomic E-state index is -0.179. The SMILES string of the molecule is COCC1(CNC(=O)c2cn(Cc3cccs3)nn2)CCNCC1. The molecule has 7 nitrogen and oxygen atoms in total. The number of hydrogen-bond acceptors (Lipinski definition) is 6. The third-order valence-corrected chi connectivity index (χ3v) is 5.27. The summed E-state index contributed by atoms with van der Waals surface area (Å²) in [6.45, 7) is 3.79. The number of hydrogen-bond donors (Lipinski definition) is 2. The van der Waals surface area contributed by atoms with Crippen molar-refractivity contribution in [3.63, 3.8) is 0 Å². The molecule has 1 aliphatic rings. The number of nitrogens with one attached hydrogen (secondary N) is 2. The molecule has 2 aromatic rings. The molecule has 0 spiro atoms. The van der Waals surface area contributed by atoms with Crippen LogP contribution in [0, 0.1) is 5.41 Å². The van der Waals surface area contributed by atoms with E-state index in [-0.39, 0.29) is 11.3 Å². The normalized spacial score (nSPS) is 16.9. The first-order chi connectivity index (χ1) is 11.7. The van der Waals surface area contributed by atoms with E-state index in [9.17, 15) is 4.79 Å². The van der Waals surface area contributed by atoms with E-state index < -0.39 is 0 Å². The topological polar surface area (TPSA) is 81.1 Å². The summed E-state index contributed by atoms with van der Waals surface area (Å²) in [5, 5.41) is 16.4. The molecule has 0 aromatic carbocycles. The molecule has 3 heterocycles. The van der Waals surface area contributed by atoms with Crippen LogP contribution in [0.25, 0.3) is 0 Å². The predicted octanol–water partition coefficient (Wildman–Crippen LogP) is 1.13. The molecule has 0 saturated carbocycles. The van der Waals surface area contributed by atoms with Crippen molar-refractivity contribution in [2.24, 2.45) is 5.41 Å². The number of carbonyl (C=O) groups excluding carboxylic acids is 1. The maximum Gasteiger partial charge on any atom is 0.273 e. The first kappa shape index (κ1) is 17.1. The molecular formula is C16H23N5O2S. The van der Waals surface area contributed by atoms with E-state index in [0.717, 1.165) is 25.9 Å². The van der Waals surface area contributed by atoms with Crippen molar-refractivity contribution in [1.82, 2.24) is 25.6 Å². The first-order valence-electron chi connectivity index (χ1n) is 8.11. The van der Waals surface area contributed by atoms with E-state index in [2.05, 4.69) is 20.9 Å². The lowest BCUT2D eigenvalue weighted by Gasteiger charge is -2.37. The van der Waals surface area contributed by atoms with Crippen molar-refractivity contribution in [2.75, 3.05) is 33.4 Å². The zero-order valence-electron chi connectivity index (χ0n) is 13.8. The summed E-state index contributed by atoms with van der Waals surface area (Å²) in [5.41, 5.74) is 0.357. The maximum absolute atomic E-state index is 12.4. The number of nitrogens with zero attached hydrogens (tertiary/aromatic N) is 3. The Morgan fingerprint density at radius 3 is 3.04 bits per heavy atom. The van der Waals surface area contributed by atoms with Crippen LogP contribution >= 0.6 is 11.3 Å². The first-order valence-corrected chi connectivity index (χ1v) is 8.99. The van der Waals surface area contributed by atoms with Gasteiger partial charge in [0.15, 0.2) is 5.69 Å². The summed E-state index contributed by atoms with van der Waals surface area (Å²) in [7, 11) is 1.71. The van der Waals surface area contributed by atoms with Crippen molar-refractivity contribution >= 4 is 17.2 Å². The number of amides is 1. The Morgan fingerprint density at radius 1 is 1.50 bits per heavy atom. The van der Waals surface area contributed by atoms with Gasteiger partial charge in [-0.25, -0.2) is 4.68 Å². The molecule has 0 bridgehead atoms. The van der Waals surface area contributed by atoms with E-state index >= 15 is 0 Å². The molecule has 0 aliphatic carbocycles. The van der Waals surface area contributed by atoms with Crippen LogP contribution in [0.2, 0.25) is 0 Å². The van der Waals surface area contributed by atoms with Gasteiger partial charge in [-0.3, -0.25) is 4.79 Å². The number of piperidine rings is 1. The summed E-state index contributed by atoms with van der Waals surface area (Å²) >= 11 is 1.66. The average Bonchev–Trinajstić information content (AvgIpc) is 3.26. The van der Waals surface area contributed by atoms with E-state index in [4.69, 9.17) is 4.74 Å². The Balaban J connectivity index is 1.57. The van der Waals surface area contributed by atoms with Crippen LogP contribution in [0.3, 0.4) is 0 Å². The smallest absolute Gasteiger partial charge is 0.273 e. The highest BCUT2D eigenvalue weighted by Crippen LogP contribution is 2.28. The summed E-state index contributed by atoms with van der Waals surface area (Å²) < 4.78 is 7.07. The number of aromatic nitrogens is 3. The average molecular weight is 349 g/mol. The lowest BCUT2D eigenvalue weighted by atomic mass is 9.79. The van der Waals surface area contributed by atoms with Gasteiger partial charge in [0.25, 0.3) is 5.91 Å². The molecule has 130 valence electrons. The van der Waals surface area contributed by atoms with Crippen LogP contribution in [0.1, 0.15) is 28.2 Å². The number of rotatable bonds is 7. The van der Waals surface area contributed by atoms with Gasteiger partial charge >= 0.3 is 0 Å². The second kappa shape index (κ2) is 7.87. The highest BCUT2D eigenvalue weighted by Gasteiger charge is 2.32. The van der Waals surface area contributed by atoms with E-state index in [0.29, 0.717) is 25.4 Å². The van der Waals surface area contributed by atoms with Crippen LogP contribution in [0.4, 0.5) is 0 Å². The van der Waals surface area contributed by atoms with Gasteiger partial charge < -0.3 is 15.4 Å². The second-order valence-corrected chi connectivity index (χ2v) is 7.28. The largest absolute Gasteiger partial charge is 0.384 e. The minimum absolute atomic E-state index is 0.00260. The summed E-state index contributed by atoms with van der Waals surface area (Å²) in [6, 6.07) is 4.04. The van der Waals surface area contributed by atoms with Crippen molar-refractivity contribution in [3.05, 3.63) is 34.3 Å². The lowest BCUT2D eigenvalue weighted by molar-refractivity contribution is 0.0510. The molecular weight excluding hydrogens is 326 g/mol. The fourth-order valence-electron chi connectivity index (χ4n) is 3.04. The Bertz CT molecular complexity index is 644. The standard InChI is InChI=1S/C16H23N5O2S/c1-23-12-16(4-6-17-7-5-16)11-18-15(22)14-10-21(20-19-14)9-13-3-2-8-24-13/h2-3,8,10,17H,4-7,9,11-12H2,1H3,(H,18,22). The van der Waals surface area contributed by atoms with Crippen LogP contribution in [0.5, 0.6) is 0 Å². The zero-order valence-corrected chi connectivity index (χ0v) is 14.6. The second-order valence-electron chi connectivity index (χ2n) is 6.25. The van der Waals surface area contributed by atoms with Gasteiger partial charge in [0.1, 0.15) is 0 Å². The molecule has 1 saturated heterocycles. The van der Waals surface area contributed by atoms with Crippen molar-refractivity contribution < 1.29 is 9.53 Å². The number of carbonyl (C=O) groups is 1. The van der Waals surface area contributed by atoms with Gasteiger partial charge in [0.05, 0.1) is 19.3 Å². The third kappa shape index (κ3) is 4.19. The zero-order chi connectivity index (χ0) is 16.8. The van der Waals surface area contributed by atoms with Crippen molar-refractivity contribution in [2.45, 2.75) is 19.4 Å². The maximum atomic E-state index is 12.4.